The molecule has 9 heteroatoms. The van der Waals surface area contributed by atoms with Crippen molar-refractivity contribution in [2.75, 3.05) is 13.7 Å². The van der Waals surface area contributed by atoms with Crippen molar-refractivity contribution in [3.8, 4) is 17.5 Å². The summed E-state index contributed by atoms with van der Waals surface area (Å²) in [6, 6.07) is 6.44. The van der Waals surface area contributed by atoms with Gasteiger partial charge in [-0.2, -0.15) is 5.26 Å². The third kappa shape index (κ3) is 2.60. The lowest BCUT2D eigenvalue weighted by Crippen LogP contribution is -2.09. The number of nitro groups is 1. The van der Waals surface area contributed by atoms with E-state index in [-0.39, 0.29) is 23.2 Å². The van der Waals surface area contributed by atoms with Crippen LogP contribution in [-0.4, -0.2) is 33.6 Å². The van der Waals surface area contributed by atoms with Crippen LogP contribution in [0, 0.1) is 21.4 Å². The van der Waals surface area contributed by atoms with Gasteiger partial charge in [0.25, 0.3) is 0 Å². The summed E-state index contributed by atoms with van der Waals surface area (Å²) in [7, 11) is 1.36. The molecule has 1 aliphatic heterocycles. The Morgan fingerprint density at radius 1 is 1.57 bits per heavy atom. The fourth-order valence-corrected chi connectivity index (χ4v) is 2.59. The van der Waals surface area contributed by atoms with Crippen molar-refractivity contribution in [1.29, 1.82) is 5.26 Å². The molecular weight excluding hydrogens is 302 g/mol. The van der Waals surface area contributed by atoms with Gasteiger partial charge in [-0.05, 0) is 25.0 Å². The Labute approximate surface area is 131 Å². The van der Waals surface area contributed by atoms with E-state index in [1.54, 1.807) is 6.07 Å². The molecule has 0 aliphatic carbocycles. The first-order valence-electron chi connectivity index (χ1n) is 6.95. The molecule has 2 heterocycles. The fourth-order valence-electron chi connectivity index (χ4n) is 2.59. The molecule has 1 aliphatic rings. The molecule has 3 rings (SSSR count). The number of nitriles is 1. The summed E-state index contributed by atoms with van der Waals surface area (Å²) in [6.07, 6.45) is 1.34. The summed E-state index contributed by atoms with van der Waals surface area (Å²) in [6.45, 7) is 0.601. The third-order valence-electron chi connectivity index (χ3n) is 3.65. The van der Waals surface area contributed by atoms with Gasteiger partial charge < -0.3 is 9.47 Å². The van der Waals surface area contributed by atoms with Crippen LogP contribution in [0.4, 0.5) is 5.69 Å². The Balaban J connectivity index is 2.12. The molecule has 1 aromatic heterocycles. The van der Waals surface area contributed by atoms with Crippen LogP contribution in [0.5, 0.6) is 5.75 Å². The molecule has 9 nitrogen and oxygen atoms in total. The van der Waals surface area contributed by atoms with Crippen LogP contribution in [-0.2, 0) is 4.74 Å². The summed E-state index contributed by atoms with van der Waals surface area (Å²) in [4.78, 5) is 10.6. The molecule has 0 amide bonds. The Bertz CT molecular complexity index is 789. The second-order valence-corrected chi connectivity index (χ2v) is 4.96. The zero-order chi connectivity index (χ0) is 16.4. The quantitative estimate of drug-likeness (QED) is 0.624. The first kappa shape index (κ1) is 14.9. The molecule has 1 unspecified atom stereocenters. The highest BCUT2D eigenvalue weighted by Crippen LogP contribution is 2.34. The van der Waals surface area contributed by atoms with Gasteiger partial charge in [-0.25, -0.2) is 4.68 Å². The lowest BCUT2D eigenvalue weighted by atomic mass is 10.1. The Hall–Kier alpha value is -2.99. The standard InChI is InChI=1S/C14H13N5O4/c1-22-12-5-4-9(7-11(12)19(20)21)18-14(10(8-15)16-17-18)13-3-2-6-23-13/h4-5,7,13H,2-3,6H2,1H3. The van der Waals surface area contributed by atoms with Gasteiger partial charge in [0.1, 0.15) is 17.9 Å². The SMILES string of the molecule is COc1ccc(-n2nnc(C#N)c2C2CCCO2)cc1[N+](=O)[O-]. The highest BCUT2D eigenvalue weighted by atomic mass is 16.6. The number of rotatable bonds is 4. The van der Waals surface area contributed by atoms with E-state index in [2.05, 4.69) is 10.3 Å². The number of benzene rings is 1. The molecule has 1 saturated heterocycles. The highest BCUT2D eigenvalue weighted by Gasteiger charge is 2.28. The van der Waals surface area contributed by atoms with Gasteiger partial charge in [0.2, 0.25) is 0 Å². The van der Waals surface area contributed by atoms with Crippen LogP contribution < -0.4 is 4.74 Å². The largest absolute Gasteiger partial charge is 0.490 e. The van der Waals surface area contributed by atoms with Crippen molar-refractivity contribution in [2.24, 2.45) is 0 Å². The topological polar surface area (TPSA) is 116 Å². The molecule has 0 N–H and O–H groups in total. The van der Waals surface area contributed by atoms with Crippen LogP contribution in [0.1, 0.15) is 30.3 Å². The number of hydrogen-bond acceptors (Lipinski definition) is 7. The molecule has 0 radical (unpaired) electrons. The lowest BCUT2D eigenvalue weighted by Gasteiger charge is -2.12. The zero-order valence-corrected chi connectivity index (χ0v) is 12.3. The molecular formula is C14H13N5O4. The van der Waals surface area contributed by atoms with Crippen LogP contribution in [0.15, 0.2) is 18.2 Å². The van der Waals surface area contributed by atoms with E-state index in [1.165, 1.54) is 23.9 Å². The molecule has 1 atom stereocenters. The lowest BCUT2D eigenvalue weighted by molar-refractivity contribution is -0.385. The minimum Gasteiger partial charge on any atom is -0.490 e. The summed E-state index contributed by atoms with van der Waals surface area (Å²) >= 11 is 0. The molecule has 2 aromatic rings. The van der Waals surface area contributed by atoms with Gasteiger partial charge in [-0.15, -0.1) is 5.10 Å². The summed E-state index contributed by atoms with van der Waals surface area (Å²) < 4.78 is 12.0. The fraction of sp³-hybridized carbons (Fsp3) is 0.357. The average Bonchev–Trinajstić information content (AvgIpc) is 3.22. The van der Waals surface area contributed by atoms with Crippen molar-refractivity contribution < 1.29 is 14.4 Å². The number of nitrogens with zero attached hydrogens (tertiary/aromatic N) is 5. The van der Waals surface area contributed by atoms with E-state index in [1.807, 2.05) is 6.07 Å². The van der Waals surface area contributed by atoms with Crippen LogP contribution in [0.25, 0.3) is 5.69 Å². The summed E-state index contributed by atoms with van der Waals surface area (Å²) in [5, 5.41) is 28.2. The molecule has 0 saturated carbocycles. The Morgan fingerprint density at radius 3 is 3.00 bits per heavy atom. The van der Waals surface area contributed by atoms with E-state index < -0.39 is 4.92 Å². The highest BCUT2D eigenvalue weighted by molar-refractivity contribution is 5.54. The number of ether oxygens (including phenoxy) is 2. The normalized spacial score (nSPS) is 17.0. The van der Waals surface area contributed by atoms with Crippen molar-refractivity contribution in [1.82, 2.24) is 15.0 Å². The van der Waals surface area contributed by atoms with Crippen molar-refractivity contribution in [2.45, 2.75) is 18.9 Å². The molecule has 0 bridgehead atoms. The van der Waals surface area contributed by atoms with Crippen molar-refractivity contribution in [3.63, 3.8) is 0 Å². The predicted molar refractivity (Wildman–Crippen MR) is 77.2 cm³/mol. The number of nitro benzene ring substituents is 1. The molecule has 1 aromatic carbocycles. The molecule has 23 heavy (non-hydrogen) atoms. The van der Waals surface area contributed by atoms with Gasteiger partial charge in [-0.3, -0.25) is 10.1 Å². The monoisotopic (exact) mass is 315 g/mol. The predicted octanol–water partition coefficient (Wildman–Crippen LogP) is 1.91. The van der Waals surface area contributed by atoms with Gasteiger partial charge in [-0.1, -0.05) is 5.21 Å². The van der Waals surface area contributed by atoms with E-state index >= 15 is 0 Å². The first-order valence-corrected chi connectivity index (χ1v) is 6.95. The Morgan fingerprint density at radius 2 is 2.39 bits per heavy atom. The van der Waals surface area contributed by atoms with E-state index in [4.69, 9.17) is 9.47 Å². The van der Waals surface area contributed by atoms with E-state index in [0.717, 1.165) is 12.8 Å². The van der Waals surface area contributed by atoms with Crippen LogP contribution >= 0.6 is 0 Å². The maximum atomic E-state index is 11.2. The minimum absolute atomic E-state index is 0.151. The summed E-state index contributed by atoms with van der Waals surface area (Å²) in [5.41, 5.74) is 0.925. The number of methoxy groups -OCH3 is 1. The average molecular weight is 315 g/mol. The molecule has 0 spiro atoms. The second kappa shape index (κ2) is 6.02. The van der Waals surface area contributed by atoms with Crippen molar-refractivity contribution in [3.05, 3.63) is 39.7 Å². The van der Waals surface area contributed by atoms with E-state index in [0.29, 0.717) is 18.0 Å². The van der Waals surface area contributed by atoms with Gasteiger partial charge in [0.05, 0.1) is 17.7 Å². The molecule has 118 valence electrons. The minimum atomic E-state index is -0.532. The smallest absolute Gasteiger partial charge is 0.313 e. The second-order valence-electron chi connectivity index (χ2n) is 4.96. The van der Waals surface area contributed by atoms with Crippen LogP contribution in [0.2, 0.25) is 0 Å². The maximum absolute atomic E-state index is 11.2. The van der Waals surface area contributed by atoms with E-state index in [9.17, 15) is 15.4 Å². The van der Waals surface area contributed by atoms with Gasteiger partial charge in [0.15, 0.2) is 11.4 Å². The first-order chi connectivity index (χ1) is 11.2. The van der Waals surface area contributed by atoms with Crippen molar-refractivity contribution >= 4 is 5.69 Å². The van der Waals surface area contributed by atoms with Gasteiger partial charge >= 0.3 is 5.69 Å². The number of hydrogen-bond donors (Lipinski definition) is 0. The summed E-state index contributed by atoms with van der Waals surface area (Å²) in [5.74, 6) is 0.151. The molecule has 1 fully saturated rings. The zero-order valence-electron chi connectivity index (χ0n) is 12.3. The van der Waals surface area contributed by atoms with Gasteiger partial charge in [0, 0.05) is 12.7 Å². The maximum Gasteiger partial charge on any atom is 0.313 e. The third-order valence-corrected chi connectivity index (χ3v) is 3.65. The van der Waals surface area contributed by atoms with Crippen LogP contribution in [0.3, 0.4) is 0 Å². The number of aromatic nitrogens is 3. The Kier molecular flexibility index (Phi) is 3.91.